The first kappa shape index (κ1) is 27.6. The predicted octanol–water partition coefficient (Wildman–Crippen LogP) is 11.4. The van der Waals surface area contributed by atoms with Crippen LogP contribution in [0.3, 0.4) is 0 Å². The zero-order valence-electron chi connectivity index (χ0n) is 26.6. The van der Waals surface area contributed by atoms with Crippen LogP contribution in [0.25, 0.3) is 89.3 Å². The average Bonchev–Trinajstić information content (AvgIpc) is 3.98. The molecule has 0 atom stereocenters. The van der Waals surface area contributed by atoms with E-state index in [0.717, 1.165) is 89.9 Å². The van der Waals surface area contributed by atoms with Crippen molar-refractivity contribution in [3.05, 3.63) is 168 Å². The van der Waals surface area contributed by atoms with Crippen molar-refractivity contribution in [3.63, 3.8) is 0 Å². The van der Waals surface area contributed by atoms with E-state index in [9.17, 15) is 0 Å². The molecule has 0 saturated heterocycles. The summed E-state index contributed by atoms with van der Waals surface area (Å²) < 4.78 is 0. The molecule has 0 saturated carbocycles. The number of nitrogens with one attached hydrogen (secondary N) is 2. The summed E-state index contributed by atoms with van der Waals surface area (Å²) in [5, 5.41) is 3.52. The topological polar surface area (TPSA) is 57.4 Å². The summed E-state index contributed by atoms with van der Waals surface area (Å²) in [6.45, 7) is 0. The first-order valence-electron chi connectivity index (χ1n) is 16.7. The number of rotatable bonds is 3. The molecule has 0 amide bonds. The number of H-pyrrole nitrogens is 2. The van der Waals surface area contributed by atoms with Gasteiger partial charge < -0.3 is 9.97 Å². The number of benzene rings is 5. The molecule has 230 valence electrons. The van der Waals surface area contributed by atoms with Gasteiger partial charge in [0.05, 0.1) is 22.6 Å². The summed E-state index contributed by atoms with van der Waals surface area (Å²) in [7, 11) is 0. The van der Waals surface area contributed by atoms with E-state index >= 15 is 0 Å². The molecule has 0 unspecified atom stereocenters. The van der Waals surface area contributed by atoms with Gasteiger partial charge in [-0.3, -0.25) is 4.98 Å². The van der Waals surface area contributed by atoms with Crippen molar-refractivity contribution >= 4 is 55.9 Å². The van der Waals surface area contributed by atoms with E-state index in [0.29, 0.717) is 0 Å². The molecule has 3 aromatic heterocycles. The third kappa shape index (κ3) is 4.53. The maximum Gasteiger partial charge on any atom is 0.0769 e. The van der Waals surface area contributed by atoms with Crippen LogP contribution in [0, 0.1) is 0 Å². The molecule has 0 radical (unpaired) electrons. The highest BCUT2D eigenvalue weighted by Gasteiger charge is 2.21. The van der Waals surface area contributed by atoms with Crippen LogP contribution in [0.4, 0.5) is 0 Å². The van der Waals surface area contributed by atoms with E-state index < -0.39 is 0 Å². The van der Waals surface area contributed by atoms with Gasteiger partial charge >= 0.3 is 0 Å². The summed E-state index contributed by atoms with van der Waals surface area (Å²) in [6, 6.07) is 51.5. The Hall–Kier alpha value is -6.52. The molecule has 5 heterocycles. The Labute approximate surface area is 283 Å². The largest absolute Gasteiger partial charge is 0.354 e. The Bertz CT molecular complexity index is 2770. The molecule has 4 heteroatoms. The van der Waals surface area contributed by atoms with Crippen molar-refractivity contribution in [3.8, 4) is 33.4 Å². The molecular formula is C45H30N4. The molecule has 2 aliphatic heterocycles. The van der Waals surface area contributed by atoms with Gasteiger partial charge in [-0.2, -0.15) is 0 Å². The Morgan fingerprint density at radius 3 is 1.55 bits per heavy atom. The monoisotopic (exact) mass is 626 g/mol. The van der Waals surface area contributed by atoms with E-state index in [1.165, 1.54) is 16.3 Å². The van der Waals surface area contributed by atoms with Crippen molar-refractivity contribution in [2.45, 2.75) is 6.42 Å². The van der Waals surface area contributed by atoms with Crippen LogP contribution in [-0.4, -0.2) is 19.9 Å². The highest BCUT2D eigenvalue weighted by molar-refractivity contribution is 6.15. The lowest BCUT2D eigenvalue weighted by Gasteiger charge is -2.06. The van der Waals surface area contributed by atoms with E-state index in [1.807, 2.05) is 0 Å². The lowest BCUT2D eigenvalue weighted by Crippen LogP contribution is -1.89. The molecule has 5 aromatic carbocycles. The fraction of sp³-hybridized carbons (Fsp3) is 0.0222. The summed E-state index contributed by atoms with van der Waals surface area (Å²) in [5.41, 5.74) is 15.8. The minimum Gasteiger partial charge on any atom is -0.354 e. The van der Waals surface area contributed by atoms with Crippen molar-refractivity contribution in [1.82, 2.24) is 19.9 Å². The molecule has 0 aliphatic carbocycles. The normalized spacial score (nSPS) is 12.3. The Morgan fingerprint density at radius 2 is 0.939 bits per heavy atom. The van der Waals surface area contributed by atoms with Gasteiger partial charge in [-0.25, -0.2) is 4.98 Å². The van der Waals surface area contributed by atoms with Gasteiger partial charge in [-0.05, 0) is 75.5 Å². The zero-order chi connectivity index (χ0) is 32.3. The van der Waals surface area contributed by atoms with E-state index in [2.05, 4.69) is 168 Å². The van der Waals surface area contributed by atoms with Gasteiger partial charge in [0.2, 0.25) is 0 Å². The minimum absolute atomic E-state index is 0.739. The van der Waals surface area contributed by atoms with Gasteiger partial charge in [0.25, 0.3) is 0 Å². The standard InChI is InChI=1S/C45H30N4/c1-4-12-28(13-5-1)41-34-20-21-35(46-34)42(29-14-6-2-7-15-29)37-24-25-39(48-37)44-33-19-11-10-18-31(33)26-32-27-40(49-45(32)44)43(30-16-8-3-9-17-30)38-23-22-36(41)47-38/h1-26,47-48H,27H2. The number of nitrogens with zero attached hydrogens (tertiary/aromatic N) is 2. The summed E-state index contributed by atoms with van der Waals surface area (Å²) in [5.74, 6) is 0. The third-order valence-electron chi connectivity index (χ3n) is 9.78. The van der Waals surface area contributed by atoms with Crippen LogP contribution >= 0.6 is 0 Å². The molecule has 4 nitrogen and oxygen atoms in total. The molecule has 2 aliphatic rings. The van der Waals surface area contributed by atoms with Crippen molar-refractivity contribution in [1.29, 1.82) is 0 Å². The second-order valence-electron chi connectivity index (χ2n) is 12.7. The third-order valence-corrected chi connectivity index (χ3v) is 9.78. The molecule has 8 bridgehead atoms. The molecule has 8 aromatic rings. The maximum atomic E-state index is 5.52. The van der Waals surface area contributed by atoms with Crippen LogP contribution in [0.2, 0.25) is 0 Å². The lowest BCUT2D eigenvalue weighted by atomic mass is 9.98. The van der Waals surface area contributed by atoms with Crippen LogP contribution in [0.15, 0.2) is 146 Å². The molecule has 2 N–H and O–H groups in total. The SMILES string of the molecule is C1=Cc2nc1c(-c1ccccc1)c1ccc([nH]1)c(-c1ccccc1)c1nc3c(cc4ccccc4c3c3ccc([nH]3)c2-c2ccccc2)C1. The quantitative estimate of drug-likeness (QED) is 0.205. The van der Waals surface area contributed by atoms with Gasteiger partial charge in [-0.1, -0.05) is 115 Å². The highest BCUT2D eigenvalue weighted by Crippen LogP contribution is 2.39. The first-order valence-corrected chi connectivity index (χ1v) is 16.7. The second kappa shape index (κ2) is 11.0. The van der Waals surface area contributed by atoms with Crippen molar-refractivity contribution < 1.29 is 0 Å². The number of hydrogen-bond donors (Lipinski definition) is 2. The molecule has 10 rings (SSSR count). The van der Waals surface area contributed by atoms with Gasteiger partial charge in [0.1, 0.15) is 0 Å². The van der Waals surface area contributed by atoms with Crippen LogP contribution < -0.4 is 0 Å². The molecule has 49 heavy (non-hydrogen) atoms. The van der Waals surface area contributed by atoms with Crippen molar-refractivity contribution in [2.75, 3.05) is 0 Å². The maximum absolute atomic E-state index is 5.52. The van der Waals surface area contributed by atoms with Crippen LogP contribution in [0.5, 0.6) is 0 Å². The summed E-state index contributed by atoms with van der Waals surface area (Å²) in [4.78, 5) is 18.6. The molecular weight excluding hydrogens is 597 g/mol. The fourth-order valence-corrected chi connectivity index (χ4v) is 7.62. The number of aromatic nitrogens is 4. The first-order chi connectivity index (χ1) is 24.3. The van der Waals surface area contributed by atoms with Gasteiger partial charge in [0, 0.05) is 50.6 Å². The van der Waals surface area contributed by atoms with Crippen LogP contribution in [-0.2, 0) is 6.42 Å². The van der Waals surface area contributed by atoms with E-state index in [4.69, 9.17) is 9.97 Å². The molecule has 0 fully saturated rings. The Morgan fingerprint density at radius 1 is 0.449 bits per heavy atom. The minimum atomic E-state index is 0.739. The number of fused-ring (bicyclic) bond motifs is 10. The smallest absolute Gasteiger partial charge is 0.0769 e. The van der Waals surface area contributed by atoms with E-state index in [1.54, 1.807) is 0 Å². The Kier molecular flexibility index (Phi) is 6.21. The summed E-state index contributed by atoms with van der Waals surface area (Å²) in [6.07, 6.45) is 5.04. The van der Waals surface area contributed by atoms with Gasteiger partial charge in [-0.15, -0.1) is 0 Å². The highest BCUT2D eigenvalue weighted by atomic mass is 14.8. The zero-order valence-corrected chi connectivity index (χ0v) is 26.6. The fourth-order valence-electron chi connectivity index (χ4n) is 7.62. The van der Waals surface area contributed by atoms with Gasteiger partial charge in [0.15, 0.2) is 0 Å². The Balaban J connectivity index is 1.44. The van der Waals surface area contributed by atoms with Crippen LogP contribution in [0.1, 0.15) is 22.6 Å². The molecule has 0 spiro atoms. The lowest BCUT2D eigenvalue weighted by molar-refractivity contribution is 1.20. The predicted molar refractivity (Wildman–Crippen MR) is 204 cm³/mol. The average molecular weight is 627 g/mol. The second-order valence-corrected chi connectivity index (χ2v) is 12.7. The van der Waals surface area contributed by atoms with Crippen molar-refractivity contribution in [2.24, 2.45) is 0 Å². The van der Waals surface area contributed by atoms with E-state index in [-0.39, 0.29) is 0 Å². The number of aromatic amines is 2. The number of hydrogen-bond acceptors (Lipinski definition) is 2. The summed E-state index contributed by atoms with van der Waals surface area (Å²) >= 11 is 0.